The number of hydrogen-bond acceptors (Lipinski definition) is 4. The lowest BCUT2D eigenvalue weighted by Crippen LogP contribution is -2.75. The molecule has 1 heterocycles. The predicted molar refractivity (Wildman–Crippen MR) is 143 cm³/mol. The summed E-state index contributed by atoms with van der Waals surface area (Å²) in [4.78, 5) is 28.0. The summed E-state index contributed by atoms with van der Waals surface area (Å²) in [6.45, 7) is 0.633. The van der Waals surface area contributed by atoms with Crippen LogP contribution in [0.4, 0.5) is 30.7 Å². The van der Waals surface area contributed by atoms with E-state index in [-0.39, 0.29) is 34.2 Å². The summed E-state index contributed by atoms with van der Waals surface area (Å²) in [6, 6.07) is 9.42. The Balaban J connectivity index is 1.39. The van der Waals surface area contributed by atoms with Crippen molar-refractivity contribution >= 4 is 35.0 Å². The lowest BCUT2D eigenvalue weighted by Gasteiger charge is -2.70. The molecule has 2 N–H and O–H groups in total. The fourth-order valence-corrected chi connectivity index (χ4v) is 7.24. The maximum atomic E-state index is 14.3. The molecule has 1 aromatic heterocycles. The van der Waals surface area contributed by atoms with E-state index in [1.165, 1.54) is 30.5 Å². The molecule has 0 unspecified atom stereocenters. The zero-order valence-electron chi connectivity index (χ0n) is 22.0. The summed E-state index contributed by atoms with van der Waals surface area (Å²) >= 11 is 1.06. The normalized spacial score (nSPS) is 21.2. The van der Waals surface area contributed by atoms with E-state index in [0.717, 1.165) is 36.0 Å². The van der Waals surface area contributed by atoms with Gasteiger partial charge < -0.3 is 15.0 Å². The summed E-state index contributed by atoms with van der Waals surface area (Å²) in [5, 5.41) is 3.35. The number of aromatic nitrogens is 1. The van der Waals surface area contributed by atoms with Crippen LogP contribution in [0.3, 0.4) is 0 Å². The van der Waals surface area contributed by atoms with Crippen LogP contribution in [-0.2, 0) is 21.9 Å². The van der Waals surface area contributed by atoms with Crippen LogP contribution < -0.4 is 5.32 Å². The molecule has 0 aliphatic heterocycles. The average molecular weight is 623 g/mol. The lowest BCUT2D eigenvalue weighted by molar-refractivity contribution is -0.184. The average Bonchev–Trinajstić information content (AvgIpc) is 3.31. The molecule has 3 aromatic carbocycles. The monoisotopic (exact) mass is 622 g/mol. The Morgan fingerprint density at radius 3 is 2.26 bits per heavy atom. The van der Waals surface area contributed by atoms with Crippen molar-refractivity contribution < 1.29 is 45.1 Å². The number of H-pyrrole nitrogens is 1. The van der Waals surface area contributed by atoms with Crippen molar-refractivity contribution in [1.82, 2.24) is 10.3 Å². The Morgan fingerprint density at radius 2 is 1.63 bits per heavy atom. The van der Waals surface area contributed by atoms with Gasteiger partial charge in [-0.05, 0) is 73.4 Å². The molecule has 3 aliphatic carbocycles. The minimum atomic E-state index is -4.80. The Hall–Kier alpha value is -4.00. The number of halogens is 7. The second kappa shape index (κ2) is 10.0. The summed E-state index contributed by atoms with van der Waals surface area (Å²) < 4.78 is 98.8. The molecule has 43 heavy (non-hydrogen) atoms. The number of aromatic amines is 1. The number of fused-ring (bicyclic) bond motifs is 1. The van der Waals surface area contributed by atoms with E-state index < -0.39 is 40.7 Å². The fourth-order valence-electron chi connectivity index (χ4n) is 6.28. The fraction of sp³-hybridized carbons (Fsp3) is 0.267. The van der Waals surface area contributed by atoms with Crippen LogP contribution in [0.1, 0.15) is 40.7 Å². The number of ether oxygens (including phenoxy) is 1. The van der Waals surface area contributed by atoms with Crippen molar-refractivity contribution in [1.29, 1.82) is 0 Å². The molecule has 0 saturated heterocycles. The molecule has 3 fully saturated rings. The molecular weight excluding hydrogens is 601 g/mol. The second-order valence-corrected chi connectivity index (χ2v) is 12.2. The van der Waals surface area contributed by atoms with Gasteiger partial charge in [-0.2, -0.15) is 26.3 Å². The molecule has 0 atom stereocenters. The van der Waals surface area contributed by atoms with Crippen molar-refractivity contribution in [3.63, 3.8) is 0 Å². The van der Waals surface area contributed by atoms with Gasteiger partial charge >= 0.3 is 12.4 Å². The van der Waals surface area contributed by atoms with E-state index in [1.807, 2.05) is 0 Å². The maximum absolute atomic E-state index is 14.3. The number of alkyl halides is 6. The molecule has 7 rings (SSSR count). The zero-order chi connectivity index (χ0) is 30.8. The third kappa shape index (κ3) is 5.34. The van der Waals surface area contributed by atoms with Gasteiger partial charge in [0.2, 0.25) is 0 Å². The number of carbonyl (C=O) groups is 2. The van der Waals surface area contributed by atoms with Crippen molar-refractivity contribution in [2.24, 2.45) is 5.41 Å². The Kier molecular flexibility index (Phi) is 6.79. The van der Waals surface area contributed by atoms with Crippen LogP contribution in [0, 0.1) is 11.2 Å². The predicted octanol–water partition coefficient (Wildman–Crippen LogP) is 7.99. The molecule has 5 nitrogen and oxygen atoms in total. The van der Waals surface area contributed by atoms with E-state index >= 15 is 0 Å². The summed E-state index contributed by atoms with van der Waals surface area (Å²) in [6.07, 6.45) is -5.97. The smallest absolute Gasteiger partial charge is 0.416 e. The first-order valence-corrected chi connectivity index (χ1v) is 13.8. The zero-order valence-corrected chi connectivity index (χ0v) is 22.8. The van der Waals surface area contributed by atoms with Crippen molar-refractivity contribution in [3.8, 4) is 11.1 Å². The first kappa shape index (κ1) is 29.1. The van der Waals surface area contributed by atoms with Gasteiger partial charge in [0.15, 0.2) is 0 Å². The van der Waals surface area contributed by atoms with Gasteiger partial charge in [0, 0.05) is 43.5 Å². The van der Waals surface area contributed by atoms with Crippen LogP contribution in [0.25, 0.3) is 22.0 Å². The van der Waals surface area contributed by atoms with Crippen LogP contribution in [-0.4, -0.2) is 29.5 Å². The largest absolute Gasteiger partial charge is 0.467 e. The Labute approximate surface area is 243 Å². The minimum Gasteiger partial charge on any atom is -0.467 e. The van der Waals surface area contributed by atoms with Gasteiger partial charge in [-0.3, -0.25) is 9.59 Å². The number of carbonyl (C=O) groups excluding carboxylic acids is 2. The van der Waals surface area contributed by atoms with Gasteiger partial charge in [-0.1, -0.05) is 17.8 Å². The lowest BCUT2D eigenvalue weighted by atomic mass is 9.39. The third-order valence-corrected chi connectivity index (χ3v) is 9.02. The molecule has 2 bridgehead atoms. The Bertz CT molecular complexity index is 1730. The minimum absolute atomic E-state index is 0.0752. The molecule has 1 amide bonds. The number of amides is 1. The Morgan fingerprint density at radius 1 is 0.953 bits per heavy atom. The molecule has 3 saturated carbocycles. The molecule has 3 aliphatic rings. The summed E-state index contributed by atoms with van der Waals surface area (Å²) in [7, 11) is 0. The van der Waals surface area contributed by atoms with Crippen LogP contribution in [0.5, 0.6) is 0 Å². The first-order chi connectivity index (χ1) is 20.2. The second-order valence-electron chi connectivity index (χ2n) is 11.1. The van der Waals surface area contributed by atoms with E-state index in [9.17, 15) is 40.3 Å². The standard InChI is InChI=1S/C30H21F7N2O3S/c31-19-8-16(7-18(9-19)30(35,36)37)21-5-6-22(26(41)39-28-11-27(12-28,13-28)14-42-15-40)24-23(10-38-25(21)24)43-20-3-1-17(2-4-20)29(32,33)34/h1-10,15,38H,11-14H2,(H,39,41). The van der Waals surface area contributed by atoms with E-state index in [2.05, 4.69) is 10.3 Å². The van der Waals surface area contributed by atoms with Crippen LogP contribution >= 0.6 is 11.8 Å². The van der Waals surface area contributed by atoms with E-state index in [1.54, 1.807) is 0 Å². The van der Waals surface area contributed by atoms with Crippen molar-refractivity contribution in [2.45, 2.75) is 46.9 Å². The molecule has 224 valence electrons. The highest BCUT2D eigenvalue weighted by atomic mass is 32.2. The van der Waals surface area contributed by atoms with Gasteiger partial charge in [-0.25, -0.2) is 4.39 Å². The topological polar surface area (TPSA) is 71.2 Å². The van der Waals surface area contributed by atoms with Gasteiger partial charge in [0.1, 0.15) is 5.82 Å². The quantitative estimate of drug-likeness (QED) is 0.154. The van der Waals surface area contributed by atoms with Crippen molar-refractivity contribution in [3.05, 3.63) is 83.3 Å². The molecule has 0 spiro atoms. The van der Waals surface area contributed by atoms with Crippen molar-refractivity contribution in [2.75, 3.05) is 6.61 Å². The molecular formula is C30H21F7N2O3S. The summed E-state index contributed by atoms with van der Waals surface area (Å²) in [5.41, 5.74) is -2.09. The number of nitrogens with one attached hydrogen (secondary N) is 2. The third-order valence-electron chi connectivity index (χ3n) is 7.97. The molecule has 13 heteroatoms. The van der Waals surface area contributed by atoms with Crippen LogP contribution in [0.2, 0.25) is 0 Å². The van der Waals surface area contributed by atoms with Gasteiger partial charge in [0.05, 0.1) is 23.3 Å². The number of hydrogen-bond donors (Lipinski definition) is 2. The molecule has 4 aromatic rings. The summed E-state index contributed by atoms with van der Waals surface area (Å²) in [5.74, 6) is -1.55. The highest BCUT2D eigenvalue weighted by molar-refractivity contribution is 7.99. The highest BCUT2D eigenvalue weighted by Gasteiger charge is 2.68. The SMILES string of the molecule is O=COCC12CC(NC(=O)c3ccc(-c4cc(F)cc(C(F)(F)F)c4)c4[nH]cc(Sc5ccc(C(F)(F)F)cc5)c34)(C1)C2. The van der Waals surface area contributed by atoms with E-state index in [0.29, 0.717) is 47.0 Å². The maximum Gasteiger partial charge on any atom is 0.416 e. The van der Waals surface area contributed by atoms with Gasteiger partial charge in [0.25, 0.3) is 12.4 Å². The highest BCUT2D eigenvalue weighted by Crippen LogP contribution is 2.67. The number of benzene rings is 3. The first-order valence-electron chi connectivity index (χ1n) is 13.0. The van der Waals surface area contributed by atoms with Gasteiger partial charge in [-0.15, -0.1) is 0 Å². The number of rotatable bonds is 8. The molecule has 0 radical (unpaired) electrons. The van der Waals surface area contributed by atoms with E-state index in [4.69, 9.17) is 4.74 Å². The van der Waals surface area contributed by atoms with Crippen LogP contribution in [0.15, 0.2) is 70.6 Å².